The Morgan fingerprint density at radius 2 is 0.923 bits per heavy atom. The van der Waals surface area contributed by atoms with Gasteiger partial charge in [0.1, 0.15) is 0 Å². The third kappa shape index (κ3) is 19.8. The summed E-state index contributed by atoms with van der Waals surface area (Å²) in [6, 6.07) is 11.4. The SMILES string of the molecule is CCCCCCCCCCCCCCC(COC(=O)C[n+]1ccccc1)COC(=O)C[n+]1ccccc1.[Br-].[Br-]. The number of esters is 2. The fraction of sp³-hybridized carbons (Fsp3) is 0.613. The molecule has 8 heteroatoms. The molecule has 6 nitrogen and oxygen atoms in total. The van der Waals surface area contributed by atoms with Gasteiger partial charge in [0.05, 0.1) is 13.2 Å². The van der Waals surface area contributed by atoms with Crippen LogP contribution < -0.4 is 43.1 Å². The van der Waals surface area contributed by atoms with Crippen LogP contribution >= 0.6 is 0 Å². The van der Waals surface area contributed by atoms with Crippen LogP contribution in [0.4, 0.5) is 0 Å². The van der Waals surface area contributed by atoms with Gasteiger partial charge in [0, 0.05) is 30.2 Å². The number of rotatable bonds is 21. The first kappa shape index (κ1) is 37.2. The van der Waals surface area contributed by atoms with Crippen LogP contribution in [0.25, 0.3) is 0 Å². The van der Waals surface area contributed by atoms with Crippen LogP contribution in [0.3, 0.4) is 0 Å². The van der Waals surface area contributed by atoms with Crippen molar-refractivity contribution in [3.8, 4) is 0 Å². The van der Waals surface area contributed by atoms with Gasteiger partial charge >= 0.3 is 11.9 Å². The molecule has 0 N–H and O–H groups in total. The number of hydrogen-bond acceptors (Lipinski definition) is 4. The molecule has 0 saturated carbocycles. The zero-order chi connectivity index (χ0) is 26.4. The normalized spacial score (nSPS) is 10.4. The van der Waals surface area contributed by atoms with Crippen LogP contribution in [0.5, 0.6) is 0 Å². The summed E-state index contributed by atoms with van der Waals surface area (Å²) in [5.74, 6) is -0.540. The van der Waals surface area contributed by atoms with Crippen LogP contribution in [-0.2, 0) is 32.2 Å². The lowest BCUT2D eigenvalue weighted by Crippen LogP contribution is -3.00. The number of nitrogens with zero attached hydrogens (tertiary/aromatic N) is 2. The minimum Gasteiger partial charge on any atom is -1.00 e. The molecule has 220 valence electrons. The summed E-state index contributed by atoms with van der Waals surface area (Å²) in [4.78, 5) is 24.6. The number of unbranched alkanes of at least 4 members (excludes halogenated alkanes) is 11. The first-order valence-electron chi connectivity index (χ1n) is 14.4. The van der Waals surface area contributed by atoms with Crippen LogP contribution in [0, 0.1) is 5.92 Å². The van der Waals surface area contributed by atoms with Crippen molar-refractivity contribution in [3.05, 3.63) is 61.2 Å². The van der Waals surface area contributed by atoms with Gasteiger partial charge in [-0.25, -0.2) is 9.59 Å². The standard InChI is InChI=1S/C31H48N2O4.2BrH/c1-2-3-4-5-6-7-8-9-10-11-12-15-20-29(27-36-30(34)25-32-21-16-13-17-22-32)28-37-31(35)26-33-23-18-14-19-24-33;;/h13-14,16-19,21-24,29H,2-12,15,20,25-28H2,1H3;2*1H/q+2;;/p-2. The van der Waals surface area contributed by atoms with Crippen molar-refractivity contribution in [3.63, 3.8) is 0 Å². The molecular formula is C31H48Br2N2O4. The molecule has 0 unspecified atom stereocenters. The molecule has 0 aliphatic rings. The zero-order valence-corrected chi connectivity index (χ0v) is 26.8. The summed E-state index contributed by atoms with van der Waals surface area (Å²) in [6.45, 7) is 3.16. The van der Waals surface area contributed by atoms with Crippen LogP contribution in [0.1, 0.15) is 90.4 Å². The van der Waals surface area contributed by atoms with E-state index in [4.69, 9.17) is 9.47 Å². The quantitative estimate of drug-likeness (QED) is 0.105. The number of hydrogen-bond donors (Lipinski definition) is 0. The Morgan fingerprint density at radius 3 is 1.31 bits per heavy atom. The van der Waals surface area contributed by atoms with E-state index < -0.39 is 0 Å². The molecule has 0 bridgehead atoms. The van der Waals surface area contributed by atoms with Gasteiger partial charge < -0.3 is 43.4 Å². The van der Waals surface area contributed by atoms with Gasteiger partial charge in [-0.3, -0.25) is 0 Å². The minimum absolute atomic E-state index is 0. The van der Waals surface area contributed by atoms with E-state index in [0.29, 0.717) is 0 Å². The second kappa shape index (κ2) is 25.2. The first-order chi connectivity index (χ1) is 18.2. The molecule has 0 fully saturated rings. The summed E-state index contributed by atoms with van der Waals surface area (Å²) >= 11 is 0. The summed E-state index contributed by atoms with van der Waals surface area (Å²) < 4.78 is 14.7. The molecule has 2 aromatic heterocycles. The number of pyridine rings is 2. The Morgan fingerprint density at radius 1 is 0.564 bits per heavy atom. The van der Waals surface area contributed by atoms with Gasteiger partial charge in [-0.2, -0.15) is 9.13 Å². The molecule has 39 heavy (non-hydrogen) atoms. The van der Waals surface area contributed by atoms with E-state index in [2.05, 4.69) is 6.92 Å². The van der Waals surface area contributed by atoms with E-state index in [0.717, 1.165) is 19.3 Å². The predicted molar refractivity (Wildman–Crippen MR) is 144 cm³/mol. The molecule has 0 radical (unpaired) electrons. The fourth-order valence-electron chi connectivity index (χ4n) is 4.38. The van der Waals surface area contributed by atoms with Gasteiger partial charge in [0.25, 0.3) is 0 Å². The van der Waals surface area contributed by atoms with E-state index in [9.17, 15) is 9.59 Å². The molecular weight excluding hydrogens is 624 g/mol. The Bertz CT molecular complexity index is 799. The Kier molecular flexibility index (Phi) is 24.0. The second-order valence-corrected chi connectivity index (χ2v) is 10.0. The summed E-state index contributed by atoms with van der Waals surface area (Å²) in [6.07, 6.45) is 23.9. The number of halogens is 2. The summed E-state index contributed by atoms with van der Waals surface area (Å²) in [7, 11) is 0. The molecule has 2 rings (SSSR count). The minimum atomic E-state index is -0.276. The van der Waals surface area contributed by atoms with Crippen molar-refractivity contribution in [2.75, 3.05) is 13.2 Å². The molecule has 0 atom stereocenters. The first-order valence-corrected chi connectivity index (χ1v) is 14.4. The van der Waals surface area contributed by atoms with Gasteiger partial charge in [-0.15, -0.1) is 0 Å². The molecule has 0 saturated heterocycles. The topological polar surface area (TPSA) is 60.4 Å². The maximum Gasteiger partial charge on any atom is 0.372 e. The molecule has 0 aromatic carbocycles. The fourth-order valence-corrected chi connectivity index (χ4v) is 4.38. The highest BCUT2D eigenvalue weighted by Gasteiger charge is 2.18. The number of carbonyl (C=O) groups excluding carboxylic acids is 2. The Hall–Kier alpha value is -1.80. The van der Waals surface area contributed by atoms with Crippen molar-refractivity contribution in [2.24, 2.45) is 5.92 Å². The highest BCUT2D eigenvalue weighted by atomic mass is 79.9. The lowest BCUT2D eigenvalue weighted by Gasteiger charge is -2.16. The summed E-state index contributed by atoms with van der Waals surface area (Å²) in [5.41, 5.74) is 0. The molecule has 0 aliphatic carbocycles. The van der Waals surface area contributed by atoms with Crippen LogP contribution in [0.15, 0.2) is 61.2 Å². The lowest BCUT2D eigenvalue weighted by atomic mass is 10.0. The maximum absolute atomic E-state index is 12.3. The molecule has 0 amide bonds. The molecule has 2 heterocycles. The van der Waals surface area contributed by atoms with E-state index in [1.165, 1.54) is 64.2 Å². The zero-order valence-electron chi connectivity index (χ0n) is 23.7. The highest BCUT2D eigenvalue weighted by molar-refractivity contribution is 5.68. The number of carbonyl (C=O) groups is 2. The Labute approximate surface area is 257 Å². The van der Waals surface area contributed by atoms with Gasteiger partial charge in [-0.05, 0) is 6.42 Å². The van der Waals surface area contributed by atoms with Crippen LogP contribution in [-0.4, -0.2) is 25.2 Å². The van der Waals surface area contributed by atoms with Crippen molar-refractivity contribution in [2.45, 2.75) is 103 Å². The average molecular weight is 673 g/mol. The molecule has 0 aliphatic heterocycles. The number of aromatic nitrogens is 2. The van der Waals surface area contributed by atoms with E-state index in [1.807, 2.05) is 61.2 Å². The highest BCUT2D eigenvalue weighted by Crippen LogP contribution is 2.15. The van der Waals surface area contributed by atoms with E-state index >= 15 is 0 Å². The largest absolute Gasteiger partial charge is 1.00 e. The van der Waals surface area contributed by atoms with Crippen molar-refractivity contribution < 1.29 is 62.2 Å². The average Bonchev–Trinajstić information content (AvgIpc) is 2.91. The van der Waals surface area contributed by atoms with Gasteiger partial charge in [0.15, 0.2) is 24.8 Å². The third-order valence-corrected chi connectivity index (χ3v) is 6.60. The smallest absolute Gasteiger partial charge is 0.372 e. The van der Waals surface area contributed by atoms with Crippen LogP contribution in [0.2, 0.25) is 0 Å². The molecule has 2 aromatic rings. The van der Waals surface area contributed by atoms with Crippen molar-refractivity contribution in [1.82, 2.24) is 0 Å². The van der Waals surface area contributed by atoms with Crippen molar-refractivity contribution in [1.29, 1.82) is 0 Å². The Balaban J connectivity index is 0.00000722. The lowest BCUT2D eigenvalue weighted by molar-refractivity contribution is -0.686. The maximum atomic E-state index is 12.3. The van der Waals surface area contributed by atoms with E-state index in [-0.39, 0.29) is 78.1 Å². The number of ether oxygens (including phenoxy) is 2. The van der Waals surface area contributed by atoms with Crippen molar-refractivity contribution >= 4 is 11.9 Å². The molecule has 0 spiro atoms. The monoisotopic (exact) mass is 670 g/mol. The van der Waals surface area contributed by atoms with E-state index in [1.54, 1.807) is 9.13 Å². The summed E-state index contributed by atoms with van der Waals surface area (Å²) in [5, 5.41) is 0. The van der Waals surface area contributed by atoms with Gasteiger partial charge in [0.2, 0.25) is 13.1 Å². The second-order valence-electron chi connectivity index (χ2n) is 10.0. The van der Waals surface area contributed by atoms with Gasteiger partial charge in [-0.1, -0.05) is 96.1 Å². The third-order valence-electron chi connectivity index (χ3n) is 6.60. The predicted octanol–water partition coefficient (Wildman–Crippen LogP) is -0.236.